The summed E-state index contributed by atoms with van der Waals surface area (Å²) in [6.45, 7) is 0. The van der Waals surface area contributed by atoms with Crippen LogP contribution >= 0.6 is 11.6 Å². The van der Waals surface area contributed by atoms with E-state index in [4.69, 9.17) is 11.6 Å². The van der Waals surface area contributed by atoms with Gasteiger partial charge in [0.15, 0.2) is 0 Å². The number of hydrogen-bond donors (Lipinski definition) is 2. The summed E-state index contributed by atoms with van der Waals surface area (Å²) in [5.41, 5.74) is 4.73. The lowest BCUT2D eigenvalue weighted by Crippen LogP contribution is -2.46. The van der Waals surface area contributed by atoms with Crippen molar-refractivity contribution < 1.29 is 14.0 Å². The van der Waals surface area contributed by atoms with E-state index in [1.165, 1.54) is 18.2 Å². The van der Waals surface area contributed by atoms with Crippen LogP contribution in [0, 0.1) is 5.82 Å². The molecule has 0 atom stereocenters. The Bertz CT molecular complexity index is 757. The number of hydrogen-bond acceptors (Lipinski definition) is 2. The normalized spacial score (nSPS) is 14.9. The number of benzene rings is 2. The lowest BCUT2D eigenvalue weighted by molar-refractivity contribution is -0.124. The molecule has 0 bridgehead atoms. The molecule has 118 valence electrons. The first-order valence-corrected chi connectivity index (χ1v) is 7.52. The predicted octanol–water partition coefficient (Wildman–Crippen LogP) is 2.97. The summed E-state index contributed by atoms with van der Waals surface area (Å²) in [7, 11) is 0. The van der Waals surface area contributed by atoms with E-state index in [0.29, 0.717) is 17.9 Å². The van der Waals surface area contributed by atoms with Crippen LogP contribution in [0.3, 0.4) is 0 Å². The van der Waals surface area contributed by atoms with Gasteiger partial charge in [-0.15, -0.1) is 0 Å². The average molecular weight is 333 g/mol. The summed E-state index contributed by atoms with van der Waals surface area (Å²) < 4.78 is 13.5. The van der Waals surface area contributed by atoms with Crippen molar-refractivity contribution in [2.45, 2.75) is 18.3 Å². The van der Waals surface area contributed by atoms with Gasteiger partial charge in [0.1, 0.15) is 5.82 Å². The Kier molecular flexibility index (Phi) is 4.05. The minimum Gasteiger partial charge on any atom is -0.272 e. The fraction of sp³-hybridized carbons (Fsp3) is 0.176. The van der Waals surface area contributed by atoms with E-state index in [1.807, 2.05) is 0 Å². The molecule has 1 aliphatic rings. The maximum absolute atomic E-state index is 13.5. The molecule has 0 aliphatic heterocycles. The lowest BCUT2D eigenvalue weighted by atomic mass is 9.95. The first-order valence-electron chi connectivity index (χ1n) is 7.14. The van der Waals surface area contributed by atoms with Crippen molar-refractivity contribution in [3.63, 3.8) is 0 Å². The first-order chi connectivity index (χ1) is 11.0. The summed E-state index contributed by atoms with van der Waals surface area (Å²) in [6, 6.07) is 12.6. The number of halogens is 2. The molecule has 2 N–H and O–H groups in total. The molecule has 0 aromatic heterocycles. The Labute approximate surface area is 137 Å². The third-order valence-corrected chi connectivity index (χ3v) is 4.24. The van der Waals surface area contributed by atoms with Crippen molar-refractivity contribution in [1.82, 2.24) is 10.9 Å². The molecule has 0 saturated heterocycles. The summed E-state index contributed by atoms with van der Waals surface area (Å²) in [5, 5.41) is 0.595. The highest BCUT2D eigenvalue weighted by molar-refractivity contribution is 6.30. The standard InChI is InChI=1S/C17H14ClFN2O2/c18-12-7-5-11(6-8-12)17(9-10-17)16(23)21-20-15(22)13-3-1-2-4-14(13)19/h1-8H,9-10H2,(H,20,22)(H,21,23). The highest BCUT2D eigenvalue weighted by atomic mass is 35.5. The van der Waals surface area contributed by atoms with E-state index in [1.54, 1.807) is 30.3 Å². The molecule has 0 radical (unpaired) electrons. The Hall–Kier alpha value is -2.40. The van der Waals surface area contributed by atoms with E-state index >= 15 is 0 Å². The maximum atomic E-state index is 13.5. The van der Waals surface area contributed by atoms with Crippen molar-refractivity contribution in [3.05, 3.63) is 70.5 Å². The lowest BCUT2D eigenvalue weighted by Gasteiger charge is -2.16. The number of carbonyl (C=O) groups is 2. The molecular weight excluding hydrogens is 319 g/mol. The van der Waals surface area contributed by atoms with E-state index in [0.717, 1.165) is 5.56 Å². The number of rotatable bonds is 3. The smallest absolute Gasteiger partial charge is 0.272 e. The van der Waals surface area contributed by atoms with Gasteiger partial charge in [0.25, 0.3) is 5.91 Å². The highest BCUT2D eigenvalue weighted by Gasteiger charge is 2.51. The minimum atomic E-state index is -0.691. The minimum absolute atomic E-state index is 0.121. The van der Waals surface area contributed by atoms with Gasteiger partial charge in [0.2, 0.25) is 5.91 Å². The van der Waals surface area contributed by atoms with Crippen LogP contribution in [-0.4, -0.2) is 11.8 Å². The second kappa shape index (κ2) is 6.01. The van der Waals surface area contributed by atoms with E-state index in [9.17, 15) is 14.0 Å². The summed E-state index contributed by atoms with van der Waals surface area (Å²) >= 11 is 5.85. The fourth-order valence-corrected chi connectivity index (χ4v) is 2.61. The Balaban J connectivity index is 1.67. The van der Waals surface area contributed by atoms with Gasteiger partial charge in [-0.05, 0) is 42.7 Å². The molecule has 0 heterocycles. The number of carbonyl (C=O) groups excluding carboxylic acids is 2. The van der Waals surface area contributed by atoms with Crippen LogP contribution in [0.4, 0.5) is 4.39 Å². The van der Waals surface area contributed by atoms with E-state index in [2.05, 4.69) is 10.9 Å². The quantitative estimate of drug-likeness (QED) is 0.849. The molecule has 6 heteroatoms. The molecule has 23 heavy (non-hydrogen) atoms. The van der Waals surface area contributed by atoms with Gasteiger partial charge < -0.3 is 0 Å². The average Bonchev–Trinajstić information content (AvgIpc) is 3.35. The van der Waals surface area contributed by atoms with Crippen molar-refractivity contribution in [2.24, 2.45) is 0 Å². The molecule has 0 unspecified atom stereocenters. The third-order valence-electron chi connectivity index (χ3n) is 3.99. The van der Waals surface area contributed by atoms with Gasteiger partial charge >= 0.3 is 0 Å². The zero-order valence-electron chi connectivity index (χ0n) is 12.1. The first kappa shape index (κ1) is 15.5. The second-order valence-corrected chi connectivity index (χ2v) is 5.91. The topological polar surface area (TPSA) is 58.2 Å². The van der Waals surface area contributed by atoms with Crippen molar-refractivity contribution in [3.8, 4) is 0 Å². The van der Waals surface area contributed by atoms with E-state index in [-0.39, 0.29) is 11.5 Å². The van der Waals surface area contributed by atoms with Crippen LogP contribution in [0.2, 0.25) is 5.02 Å². The SMILES string of the molecule is O=C(NNC(=O)C1(c2ccc(Cl)cc2)CC1)c1ccccc1F. The van der Waals surface area contributed by atoms with Crippen molar-refractivity contribution in [1.29, 1.82) is 0 Å². The van der Waals surface area contributed by atoms with Crippen LogP contribution in [0.1, 0.15) is 28.8 Å². The molecule has 2 amide bonds. The third kappa shape index (κ3) is 3.05. The molecule has 2 aromatic carbocycles. The summed E-state index contributed by atoms with van der Waals surface area (Å²) in [5.74, 6) is -1.65. The number of nitrogens with one attached hydrogen (secondary N) is 2. The Morgan fingerprint density at radius 3 is 2.26 bits per heavy atom. The summed E-state index contributed by atoms with van der Waals surface area (Å²) in [6.07, 6.45) is 1.38. The van der Waals surface area contributed by atoms with Gasteiger partial charge in [0, 0.05) is 5.02 Å². The van der Waals surface area contributed by atoms with Gasteiger partial charge in [-0.3, -0.25) is 20.4 Å². The second-order valence-electron chi connectivity index (χ2n) is 5.48. The van der Waals surface area contributed by atoms with Crippen LogP contribution in [0.15, 0.2) is 48.5 Å². The van der Waals surface area contributed by atoms with Crippen LogP contribution in [0.25, 0.3) is 0 Å². The highest BCUT2D eigenvalue weighted by Crippen LogP contribution is 2.48. The zero-order chi connectivity index (χ0) is 16.4. The molecule has 4 nitrogen and oxygen atoms in total. The van der Waals surface area contributed by atoms with Gasteiger partial charge in [-0.2, -0.15) is 0 Å². The molecule has 1 saturated carbocycles. The zero-order valence-corrected chi connectivity index (χ0v) is 12.9. The van der Waals surface area contributed by atoms with Crippen LogP contribution in [0.5, 0.6) is 0 Å². The van der Waals surface area contributed by atoms with Gasteiger partial charge in [-0.25, -0.2) is 4.39 Å². The van der Waals surface area contributed by atoms with Crippen LogP contribution in [-0.2, 0) is 10.2 Å². The molecule has 0 spiro atoms. The van der Waals surface area contributed by atoms with Crippen molar-refractivity contribution >= 4 is 23.4 Å². The Morgan fingerprint density at radius 2 is 1.65 bits per heavy atom. The molecular formula is C17H14ClFN2O2. The maximum Gasteiger partial charge on any atom is 0.272 e. The van der Waals surface area contributed by atoms with E-state index < -0.39 is 17.1 Å². The van der Waals surface area contributed by atoms with Gasteiger partial charge in [0.05, 0.1) is 11.0 Å². The van der Waals surface area contributed by atoms with Gasteiger partial charge in [-0.1, -0.05) is 35.9 Å². The van der Waals surface area contributed by atoms with Crippen molar-refractivity contribution in [2.75, 3.05) is 0 Å². The molecule has 2 aromatic rings. The fourth-order valence-electron chi connectivity index (χ4n) is 2.49. The molecule has 3 rings (SSSR count). The molecule has 1 fully saturated rings. The molecule has 1 aliphatic carbocycles. The van der Waals surface area contributed by atoms with Crippen LogP contribution < -0.4 is 10.9 Å². The number of amides is 2. The Morgan fingerprint density at radius 1 is 1.00 bits per heavy atom. The summed E-state index contributed by atoms with van der Waals surface area (Å²) in [4.78, 5) is 24.3. The predicted molar refractivity (Wildman–Crippen MR) is 84.4 cm³/mol. The number of hydrazine groups is 1. The largest absolute Gasteiger partial charge is 0.272 e. The monoisotopic (exact) mass is 332 g/mol.